The minimum atomic E-state index is 0.0901. The third-order valence-electron chi connectivity index (χ3n) is 2.28. The Bertz CT molecular complexity index is 544. The second-order valence-electron chi connectivity index (χ2n) is 4.36. The van der Waals surface area contributed by atoms with Gasteiger partial charge in [-0.3, -0.25) is 0 Å². The minimum absolute atomic E-state index is 0.0901. The quantitative estimate of drug-likeness (QED) is 0.885. The molecule has 0 aliphatic rings. The molecule has 100 valence electrons. The SMILES string of the molecule is Cc1nccc(CNc2cc(OC(C)C)ncn2)n1. The number of hydrogen-bond acceptors (Lipinski definition) is 6. The lowest BCUT2D eigenvalue weighted by Crippen LogP contribution is -2.09. The van der Waals surface area contributed by atoms with Crippen LogP contribution >= 0.6 is 0 Å². The van der Waals surface area contributed by atoms with E-state index in [1.54, 1.807) is 12.3 Å². The molecule has 0 radical (unpaired) electrons. The highest BCUT2D eigenvalue weighted by atomic mass is 16.5. The summed E-state index contributed by atoms with van der Waals surface area (Å²) in [5, 5.41) is 3.18. The van der Waals surface area contributed by atoms with Crippen LogP contribution < -0.4 is 10.1 Å². The van der Waals surface area contributed by atoms with Gasteiger partial charge in [-0.1, -0.05) is 0 Å². The maximum Gasteiger partial charge on any atom is 0.218 e. The molecule has 0 unspecified atom stereocenters. The normalized spacial score (nSPS) is 10.5. The molecule has 19 heavy (non-hydrogen) atoms. The van der Waals surface area contributed by atoms with Crippen LogP contribution in [0.2, 0.25) is 0 Å². The van der Waals surface area contributed by atoms with Crippen LogP contribution in [0.25, 0.3) is 0 Å². The largest absolute Gasteiger partial charge is 0.475 e. The van der Waals surface area contributed by atoms with Crippen LogP contribution in [0.4, 0.5) is 5.82 Å². The first kappa shape index (κ1) is 13.2. The van der Waals surface area contributed by atoms with E-state index in [9.17, 15) is 0 Å². The molecule has 6 nitrogen and oxygen atoms in total. The number of nitrogens with one attached hydrogen (secondary N) is 1. The van der Waals surface area contributed by atoms with Gasteiger partial charge in [0.05, 0.1) is 18.3 Å². The summed E-state index contributed by atoms with van der Waals surface area (Å²) in [6, 6.07) is 3.64. The second kappa shape index (κ2) is 6.08. The van der Waals surface area contributed by atoms with Crippen molar-refractivity contribution in [3.8, 4) is 5.88 Å². The first-order valence-corrected chi connectivity index (χ1v) is 6.14. The molecule has 1 N–H and O–H groups in total. The molecular weight excluding hydrogens is 242 g/mol. The van der Waals surface area contributed by atoms with Crippen molar-refractivity contribution in [2.75, 3.05) is 5.32 Å². The molecule has 2 aromatic rings. The zero-order chi connectivity index (χ0) is 13.7. The zero-order valence-electron chi connectivity index (χ0n) is 11.3. The van der Waals surface area contributed by atoms with Gasteiger partial charge in [-0.25, -0.2) is 19.9 Å². The van der Waals surface area contributed by atoms with Gasteiger partial charge in [0.1, 0.15) is 18.0 Å². The van der Waals surface area contributed by atoms with Crippen LogP contribution in [0.5, 0.6) is 5.88 Å². The molecule has 2 rings (SSSR count). The van der Waals surface area contributed by atoms with Crippen LogP contribution in [-0.4, -0.2) is 26.0 Å². The van der Waals surface area contributed by atoms with Gasteiger partial charge in [0, 0.05) is 12.3 Å². The van der Waals surface area contributed by atoms with E-state index in [4.69, 9.17) is 4.74 Å². The van der Waals surface area contributed by atoms with Crippen molar-refractivity contribution in [1.29, 1.82) is 0 Å². The van der Waals surface area contributed by atoms with E-state index in [-0.39, 0.29) is 6.10 Å². The Balaban J connectivity index is 1.99. The zero-order valence-corrected chi connectivity index (χ0v) is 11.3. The van der Waals surface area contributed by atoms with E-state index in [1.807, 2.05) is 26.8 Å². The Labute approximate surface area is 112 Å². The van der Waals surface area contributed by atoms with Gasteiger partial charge in [-0.2, -0.15) is 0 Å². The molecule has 0 aliphatic carbocycles. The Kier molecular flexibility index (Phi) is 4.22. The van der Waals surface area contributed by atoms with Crippen molar-refractivity contribution < 1.29 is 4.74 Å². The number of anilines is 1. The van der Waals surface area contributed by atoms with Gasteiger partial charge in [-0.15, -0.1) is 0 Å². The number of aryl methyl sites for hydroxylation is 1. The molecule has 0 saturated heterocycles. The minimum Gasteiger partial charge on any atom is -0.475 e. The molecule has 2 aromatic heterocycles. The predicted molar refractivity (Wildman–Crippen MR) is 71.9 cm³/mol. The van der Waals surface area contributed by atoms with Crippen molar-refractivity contribution in [1.82, 2.24) is 19.9 Å². The number of ether oxygens (including phenoxy) is 1. The summed E-state index contributed by atoms with van der Waals surface area (Å²) in [5.41, 5.74) is 0.914. The van der Waals surface area contributed by atoms with Crippen molar-refractivity contribution >= 4 is 5.82 Å². The smallest absolute Gasteiger partial charge is 0.218 e. The van der Waals surface area contributed by atoms with E-state index in [0.29, 0.717) is 18.2 Å². The van der Waals surface area contributed by atoms with E-state index >= 15 is 0 Å². The van der Waals surface area contributed by atoms with Crippen LogP contribution in [0, 0.1) is 6.92 Å². The van der Waals surface area contributed by atoms with E-state index in [1.165, 1.54) is 6.33 Å². The molecule has 0 aromatic carbocycles. The lowest BCUT2D eigenvalue weighted by Gasteiger charge is -2.10. The molecule has 0 amide bonds. The van der Waals surface area contributed by atoms with Crippen molar-refractivity contribution in [3.63, 3.8) is 0 Å². The highest BCUT2D eigenvalue weighted by Crippen LogP contribution is 2.13. The van der Waals surface area contributed by atoms with Crippen LogP contribution in [-0.2, 0) is 6.54 Å². The fourth-order valence-corrected chi connectivity index (χ4v) is 1.53. The van der Waals surface area contributed by atoms with E-state index in [2.05, 4.69) is 25.3 Å². The molecule has 0 atom stereocenters. The van der Waals surface area contributed by atoms with Gasteiger partial charge >= 0.3 is 0 Å². The second-order valence-corrected chi connectivity index (χ2v) is 4.36. The van der Waals surface area contributed by atoms with Crippen molar-refractivity contribution in [3.05, 3.63) is 36.2 Å². The van der Waals surface area contributed by atoms with Crippen LogP contribution in [0.1, 0.15) is 25.4 Å². The number of rotatable bonds is 5. The topological polar surface area (TPSA) is 72.8 Å². The van der Waals surface area contributed by atoms with Crippen LogP contribution in [0.3, 0.4) is 0 Å². The molecular formula is C13H17N5O. The highest BCUT2D eigenvalue weighted by Gasteiger charge is 2.02. The van der Waals surface area contributed by atoms with Crippen molar-refractivity contribution in [2.24, 2.45) is 0 Å². The first-order valence-electron chi connectivity index (χ1n) is 6.14. The van der Waals surface area contributed by atoms with Gasteiger partial charge < -0.3 is 10.1 Å². The summed E-state index contributed by atoms with van der Waals surface area (Å²) >= 11 is 0. The third-order valence-corrected chi connectivity index (χ3v) is 2.28. The number of nitrogens with zero attached hydrogens (tertiary/aromatic N) is 4. The van der Waals surface area contributed by atoms with Gasteiger partial charge in [0.25, 0.3) is 0 Å². The highest BCUT2D eigenvalue weighted by molar-refractivity contribution is 5.37. The lowest BCUT2D eigenvalue weighted by molar-refractivity contribution is 0.232. The fourth-order valence-electron chi connectivity index (χ4n) is 1.53. The Morgan fingerprint density at radius 3 is 2.84 bits per heavy atom. The lowest BCUT2D eigenvalue weighted by atomic mass is 10.4. The standard InChI is InChI=1S/C13H17N5O/c1-9(2)19-13-6-12(16-8-17-13)15-7-11-4-5-14-10(3)18-11/h4-6,8-9H,7H2,1-3H3,(H,15,16,17). The number of aromatic nitrogens is 4. The summed E-state index contributed by atoms with van der Waals surface area (Å²) in [7, 11) is 0. The Morgan fingerprint density at radius 2 is 2.11 bits per heavy atom. The molecule has 6 heteroatoms. The maximum atomic E-state index is 5.51. The first-order chi connectivity index (χ1) is 9.13. The molecule has 0 bridgehead atoms. The monoisotopic (exact) mass is 259 g/mol. The summed E-state index contributed by atoms with van der Waals surface area (Å²) < 4.78 is 5.51. The maximum absolute atomic E-state index is 5.51. The Hall–Kier alpha value is -2.24. The van der Waals surface area contributed by atoms with Gasteiger partial charge in [0.2, 0.25) is 5.88 Å². The predicted octanol–water partition coefficient (Wildman–Crippen LogP) is 1.97. The average molecular weight is 259 g/mol. The van der Waals surface area contributed by atoms with Gasteiger partial charge in [-0.05, 0) is 26.8 Å². The molecule has 0 spiro atoms. The summed E-state index contributed by atoms with van der Waals surface area (Å²) in [4.78, 5) is 16.6. The average Bonchev–Trinajstić information content (AvgIpc) is 2.36. The Morgan fingerprint density at radius 1 is 1.26 bits per heavy atom. The molecule has 0 aliphatic heterocycles. The summed E-state index contributed by atoms with van der Waals surface area (Å²) in [5.74, 6) is 2.03. The third kappa shape index (κ3) is 4.17. The van der Waals surface area contributed by atoms with Gasteiger partial charge in [0.15, 0.2) is 0 Å². The molecule has 0 saturated carbocycles. The van der Waals surface area contributed by atoms with Crippen molar-refractivity contribution in [2.45, 2.75) is 33.4 Å². The van der Waals surface area contributed by atoms with E-state index in [0.717, 1.165) is 11.5 Å². The van der Waals surface area contributed by atoms with Crippen LogP contribution in [0.15, 0.2) is 24.7 Å². The fraction of sp³-hybridized carbons (Fsp3) is 0.385. The molecule has 0 fully saturated rings. The summed E-state index contributed by atoms with van der Waals surface area (Å²) in [6.45, 7) is 6.36. The summed E-state index contributed by atoms with van der Waals surface area (Å²) in [6.07, 6.45) is 3.31. The van der Waals surface area contributed by atoms with E-state index < -0.39 is 0 Å². The molecule has 2 heterocycles. The number of hydrogen-bond donors (Lipinski definition) is 1.